The smallest absolute Gasteiger partial charge is 0.338 e. The average Bonchev–Trinajstić information content (AvgIpc) is 3.06. The largest absolute Gasteiger partial charge is 0.452 e. The molecule has 9 heteroatoms. The van der Waals surface area contributed by atoms with Crippen LogP contribution in [0.4, 0.5) is 0 Å². The van der Waals surface area contributed by atoms with Crippen molar-refractivity contribution >= 4 is 30.6 Å². The van der Waals surface area contributed by atoms with Gasteiger partial charge in [0.2, 0.25) is 0 Å². The second kappa shape index (κ2) is 13.5. The zero-order valence-corrected chi connectivity index (χ0v) is 26.4. The molecule has 45 heavy (non-hydrogen) atoms. The van der Waals surface area contributed by atoms with E-state index in [1.807, 2.05) is 81.4 Å². The first-order valence-electron chi connectivity index (χ1n) is 14.9. The van der Waals surface area contributed by atoms with Crippen molar-refractivity contribution in [3.05, 3.63) is 132 Å². The number of hydrogen-bond acceptors (Lipinski definition) is 8. The van der Waals surface area contributed by atoms with Crippen molar-refractivity contribution < 1.29 is 38.8 Å². The Bertz CT molecular complexity index is 1520. The van der Waals surface area contributed by atoms with Crippen molar-refractivity contribution in [2.45, 2.75) is 62.4 Å². The minimum atomic E-state index is -3.37. The summed E-state index contributed by atoms with van der Waals surface area (Å²) in [6, 6.07) is 35.5. The molecule has 0 radical (unpaired) electrons. The van der Waals surface area contributed by atoms with Crippen LogP contribution in [-0.4, -0.2) is 72.2 Å². The Balaban J connectivity index is 1.58. The molecule has 0 bridgehead atoms. The molecule has 1 saturated carbocycles. The van der Waals surface area contributed by atoms with Crippen LogP contribution in [0, 0.1) is 0 Å². The van der Waals surface area contributed by atoms with Crippen LogP contribution in [0.2, 0.25) is 5.04 Å². The van der Waals surface area contributed by atoms with Crippen molar-refractivity contribution in [1.29, 1.82) is 0 Å². The summed E-state index contributed by atoms with van der Waals surface area (Å²) in [6.45, 7) is 6.11. The third-order valence-corrected chi connectivity index (χ3v) is 13.3. The molecule has 0 saturated heterocycles. The standard InChI is InChI=1S/C36H38O8Si/c1-36(2,3)45(26-20-12-6-13-21-26,27-22-14-7-15-23-27)44-31-28(37)29(38)32(42-34(40)24-16-8-4-9-17-24)33(30(31)39)43-35(41)25-18-10-5-11-19-25/h4-23,28-33,37-39H,1-3H3/t28-,29+,30+,31-,32-,33-/m1/s1. The van der Waals surface area contributed by atoms with Crippen LogP contribution in [0.3, 0.4) is 0 Å². The Morgan fingerprint density at radius 1 is 0.533 bits per heavy atom. The summed E-state index contributed by atoms with van der Waals surface area (Å²) in [7, 11) is -3.37. The number of benzene rings is 4. The normalized spacial score (nSPS) is 23.6. The Hall–Kier alpha value is -4.12. The molecule has 0 amide bonds. The van der Waals surface area contributed by atoms with Gasteiger partial charge in [0.05, 0.1) is 11.1 Å². The van der Waals surface area contributed by atoms with Crippen LogP contribution in [-0.2, 0) is 13.9 Å². The highest BCUT2D eigenvalue weighted by atomic mass is 28.4. The molecule has 0 heterocycles. The van der Waals surface area contributed by atoms with E-state index in [-0.39, 0.29) is 11.1 Å². The van der Waals surface area contributed by atoms with Crippen molar-refractivity contribution in [1.82, 2.24) is 0 Å². The zero-order valence-electron chi connectivity index (χ0n) is 25.4. The summed E-state index contributed by atoms with van der Waals surface area (Å²) in [4.78, 5) is 26.4. The molecule has 8 nitrogen and oxygen atoms in total. The summed E-state index contributed by atoms with van der Waals surface area (Å²) in [5.74, 6) is -1.61. The van der Waals surface area contributed by atoms with Gasteiger partial charge in [0.25, 0.3) is 8.32 Å². The summed E-state index contributed by atoms with van der Waals surface area (Å²) in [6.07, 6.45) is -9.76. The molecule has 1 aliphatic rings. The molecule has 1 aliphatic carbocycles. The maximum absolute atomic E-state index is 13.3. The van der Waals surface area contributed by atoms with Crippen LogP contribution >= 0.6 is 0 Å². The van der Waals surface area contributed by atoms with Gasteiger partial charge in [-0.15, -0.1) is 0 Å². The van der Waals surface area contributed by atoms with Crippen molar-refractivity contribution in [3.8, 4) is 0 Å². The first-order chi connectivity index (χ1) is 21.5. The number of carbonyl (C=O) groups excluding carboxylic acids is 2. The predicted molar refractivity (Wildman–Crippen MR) is 172 cm³/mol. The average molecular weight is 627 g/mol. The van der Waals surface area contributed by atoms with Crippen LogP contribution in [0.1, 0.15) is 41.5 Å². The highest BCUT2D eigenvalue weighted by Gasteiger charge is 2.59. The number of hydrogen-bond donors (Lipinski definition) is 3. The number of aliphatic hydroxyl groups excluding tert-OH is 3. The fourth-order valence-electron chi connectivity index (χ4n) is 6.01. The molecule has 0 aliphatic heterocycles. The second-order valence-electron chi connectivity index (χ2n) is 12.2. The molecule has 0 aromatic heterocycles. The van der Waals surface area contributed by atoms with E-state index < -0.39 is 61.9 Å². The first kappa shape index (κ1) is 32.3. The monoisotopic (exact) mass is 626 g/mol. The van der Waals surface area contributed by atoms with Crippen LogP contribution in [0.5, 0.6) is 0 Å². The van der Waals surface area contributed by atoms with Gasteiger partial charge in [-0.05, 0) is 39.7 Å². The number of carbonyl (C=O) groups is 2. The third kappa shape index (κ3) is 6.49. The number of aliphatic hydroxyl groups is 3. The summed E-state index contributed by atoms with van der Waals surface area (Å²) in [5.41, 5.74) is 0.385. The second-order valence-corrected chi connectivity index (χ2v) is 16.4. The van der Waals surface area contributed by atoms with Gasteiger partial charge in [-0.1, -0.05) is 118 Å². The molecule has 0 unspecified atom stereocenters. The van der Waals surface area contributed by atoms with Crippen LogP contribution in [0.25, 0.3) is 0 Å². The summed E-state index contributed by atoms with van der Waals surface area (Å²) in [5, 5.41) is 36.3. The SMILES string of the molecule is CC(C)(C)[Si](O[C@@H]1[C@H](O)[C@H](O)[C@@H](OC(=O)c2ccccc2)[C@H](OC(=O)c2ccccc2)[C@H]1O)(c1ccccc1)c1ccccc1. The predicted octanol–water partition coefficient (Wildman–Crippen LogP) is 3.48. The molecule has 234 valence electrons. The van der Waals surface area contributed by atoms with Gasteiger partial charge in [-0.25, -0.2) is 9.59 Å². The van der Waals surface area contributed by atoms with E-state index in [4.69, 9.17) is 13.9 Å². The number of ether oxygens (including phenoxy) is 2. The van der Waals surface area contributed by atoms with Crippen LogP contribution < -0.4 is 10.4 Å². The number of esters is 2. The van der Waals surface area contributed by atoms with Gasteiger partial charge in [-0.3, -0.25) is 0 Å². The van der Waals surface area contributed by atoms with E-state index in [0.717, 1.165) is 10.4 Å². The van der Waals surface area contributed by atoms with E-state index in [1.54, 1.807) is 48.5 Å². The van der Waals surface area contributed by atoms with E-state index in [1.165, 1.54) is 12.1 Å². The molecular formula is C36H38O8Si. The summed E-state index contributed by atoms with van der Waals surface area (Å²) < 4.78 is 18.5. The third-order valence-electron chi connectivity index (χ3n) is 8.26. The first-order valence-corrected chi connectivity index (χ1v) is 16.8. The van der Waals surface area contributed by atoms with Gasteiger partial charge < -0.3 is 29.2 Å². The maximum atomic E-state index is 13.3. The highest BCUT2D eigenvalue weighted by Crippen LogP contribution is 2.40. The Kier molecular flexibility index (Phi) is 9.67. The molecule has 6 atom stereocenters. The van der Waals surface area contributed by atoms with Gasteiger partial charge in [-0.2, -0.15) is 0 Å². The van der Waals surface area contributed by atoms with Gasteiger partial charge in [0.15, 0.2) is 12.2 Å². The lowest BCUT2D eigenvalue weighted by Crippen LogP contribution is -2.73. The quantitative estimate of drug-likeness (QED) is 0.201. The van der Waals surface area contributed by atoms with Gasteiger partial charge >= 0.3 is 11.9 Å². The zero-order chi connectivity index (χ0) is 32.2. The Morgan fingerprint density at radius 2 is 0.867 bits per heavy atom. The molecule has 4 aromatic rings. The maximum Gasteiger partial charge on any atom is 0.338 e. The fourth-order valence-corrected chi connectivity index (χ4v) is 10.7. The Morgan fingerprint density at radius 3 is 1.24 bits per heavy atom. The van der Waals surface area contributed by atoms with Crippen molar-refractivity contribution in [3.63, 3.8) is 0 Å². The fraction of sp³-hybridized carbons (Fsp3) is 0.278. The minimum absolute atomic E-state index is 0.188. The number of rotatable bonds is 8. The highest BCUT2D eigenvalue weighted by molar-refractivity contribution is 6.99. The van der Waals surface area contributed by atoms with Crippen molar-refractivity contribution in [2.24, 2.45) is 0 Å². The molecule has 1 fully saturated rings. The van der Waals surface area contributed by atoms with Crippen LogP contribution in [0.15, 0.2) is 121 Å². The molecule has 0 spiro atoms. The lowest BCUT2D eigenvalue weighted by molar-refractivity contribution is -0.219. The molecular weight excluding hydrogens is 588 g/mol. The Labute approximate surface area is 264 Å². The van der Waals surface area contributed by atoms with E-state index >= 15 is 0 Å². The lowest BCUT2D eigenvalue weighted by Gasteiger charge is -2.50. The molecule has 4 aromatic carbocycles. The molecule has 3 N–H and O–H groups in total. The van der Waals surface area contributed by atoms with Gasteiger partial charge in [0.1, 0.15) is 24.4 Å². The topological polar surface area (TPSA) is 123 Å². The molecule has 5 rings (SSSR count). The van der Waals surface area contributed by atoms with E-state index in [0.29, 0.717) is 0 Å². The van der Waals surface area contributed by atoms with E-state index in [2.05, 4.69) is 0 Å². The van der Waals surface area contributed by atoms with Gasteiger partial charge in [0, 0.05) is 0 Å². The lowest BCUT2D eigenvalue weighted by atomic mass is 9.84. The minimum Gasteiger partial charge on any atom is -0.452 e. The van der Waals surface area contributed by atoms with E-state index in [9.17, 15) is 24.9 Å². The summed E-state index contributed by atoms with van der Waals surface area (Å²) >= 11 is 0. The van der Waals surface area contributed by atoms with Crippen molar-refractivity contribution in [2.75, 3.05) is 0 Å².